The highest BCUT2D eigenvalue weighted by atomic mass is 16.2. The zero-order valence-electron chi connectivity index (χ0n) is 13.8. The highest BCUT2D eigenvalue weighted by Crippen LogP contribution is 2.19. The van der Waals surface area contributed by atoms with Gasteiger partial charge in [0.15, 0.2) is 0 Å². The molecule has 4 heteroatoms. The van der Waals surface area contributed by atoms with Crippen LogP contribution in [0.5, 0.6) is 0 Å². The number of hydrogen-bond donors (Lipinski definition) is 2. The van der Waals surface area contributed by atoms with Gasteiger partial charge in [-0.05, 0) is 30.9 Å². The summed E-state index contributed by atoms with van der Waals surface area (Å²) in [6, 6.07) is 10.5. The lowest BCUT2D eigenvalue weighted by Crippen LogP contribution is -2.50. The lowest BCUT2D eigenvalue weighted by atomic mass is 10.00. The van der Waals surface area contributed by atoms with Gasteiger partial charge < -0.3 is 11.1 Å². The Kier molecular flexibility index (Phi) is 6.40. The number of benzene rings is 1. The average Bonchev–Trinajstić information content (AvgIpc) is 2.54. The zero-order chi connectivity index (χ0) is 15.9. The minimum absolute atomic E-state index is 0.0276. The van der Waals surface area contributed by atoms with E-state index in [1.807, 2.05) is 19.9 Å². The average molecular weight is 303 g/mol. The van der Waals surface area contributed by atoms with E-state index in [0.29, 0.717) is 12.6 Å². The number of hydrogen-bond acceptors (Lipinski definition) is 3. The molecule has 2 atom stereocenters. The van der Waals surface area contributed by atoms with Crippen LogP contribution in [0.2, 0.25) is 0 Å². The molecule has 1 unspecified atom stereocenters. The number of nitrogens with zero attached hydrogens (tertiary/aromatic N) is 1. The van der Waals surface area contributed by atoms with Crippen molar-refractivity contribution in [1.29, 1.82) is 0 Å². The Morgan fingerprint density at radius 3 is 2.73 bits per heavy atom. The van der Waals surface area contributed by atoms with E-state index < -0.39 is 6.04 Å². The molecular weight excluding hydrogens is 274 g/mol. The maximum atomic E-state index is 12.0. The molecule has 4 nitrogen and oxygen atoms in total. The topological polar surface area (TPSA) is 58.4 Å². The first-order chi connectivity index (χ1) is 10.6. The summed E-state index contributed by atoms with van der Waals surface area (Å²) in [5.74, 6) is 0.145. The molecule has 1 fully saturated rings. The largest absolute Gasteiger partial charge is 0.353 e. The highest BCUT2D eigenvalue weighted by Gasteiger charge is 2.24. The Labute approximate surface area is 134 Å². The molecule has 0 bridgehead atoms. The van der Waals surface area contributed by atoms with Crippen LogP contribution in [0.25, 0.3) is 0 Å². The minimum atomic E-state index is -0.411. The van der Waals surface area contributed by atoms with E-state index >= 15 is 0 Å². The first-order valence-electron chi connectivity index (χ1n) is 8.39. The number of nitrogens with one attached hydrogen (secondary N) is 1. The lowest BCUT2D eigenvalue weighted by molar-refractivity contribution is -0.123. The number of carbonyl (C=O) groups excluding carboxylic acids is 1. The van der Waals surface area contributed by atoms with Crippen LogP contribution in [-0.2, 0) is 11.3 Å². The molecule has 1 aliphatic heterocycles. The van der Waals surface area contributed by atoms with Crippen molar-refractivity contribution in [1.82, 2.24) is 10.2 Å². The van der Waals surface area contributed by atoms with Crippen LogP contribution >= 0.6 is 0 Å². The first-order valence-corrected chi connectivity index (χ1v) is 8.39. The number of likely N-dealkylation sites (tertiary alicyclic amines) is 1. The fraction of sp³-hybridized carbons (Fsp3) is 0.611. The van der Waals surface area contributed by atoms with Gasteiger partial charge in [-0.1, -0.05) is 50.6 Å². The second-order valence-corrected chi connectivity index (χ2v) is 6.62. The van der Waals surface area contributed by atoms with Crippen molar-refractivity contribution in [2.45, 2.75) is 51.7 Å². The van der Waals surface area contributed by atoms with Crippen molar-refractivity contribution in [2.24, 2.45) is 11.7 Å². The summed E-state index contributed by atoms with van der Waals surface area (Å²) in [6.07, 6.45) is 3.62. The fourth-order valence-electron chi connectivity index (χ4n) is 2.96. The van der Waals surface area contributed by atoms with Crippen LogP contribution < -0.4 is 11.1 Å². The number of nitrogens with two attached hydrogens (primary N) is 1. The summed E-state index contributed by atoms with van der Waals surface area (Å²) >= 11 is 0. The highest BCUT2D eigenvalue weighted by molar-refractivity contribution is 5.81. The summed E-state index contributed by atoms with van der Waals surface area (Å²) in [7, 11) is 0. The quantitative estimate of drug-likeness (QED) is 0.846. The van der Waals surface area contributed by atoms with E-state index in [9.17, 15) is 4.79 Å². The Bertz CT molecular complexity index is 461. The molecule has 3 N–H and O–H groups in total. The van der Waals surface area contributed by atoms with Crippen LogP contribution in [0.15, 0.2) is 30.3 Å². The van der Waals surface area contributed by atoms with E-state index in [0.717, 1.165) is 19.5 Å². The Morgan fingerprint density at radius 2 is 2.05 bits per heavy atom. The molecule has 22 heavy (non-hydrogen) atoms. The van der Waals surface area contributed by atoms with Crippen LogP contribution in [0.1, 0.15) is 38.7 Å². The van der Waals surface area contributed by atoms with Gasteiger partial charge in [0.05, 0.1) is 6.04 Å². The van der Waals surface area contributed by atoms with Crippen molar-refractivity contribution in [3.63, 3.8) is 0 Å². The van der Waals surface area contributed by atoms with Crippen molar-refractivity contribution >= 4 is 5.91 Å². The third kappa shape index (κ3) is 4.82. The SMILES string of the molecule is CC(C)[C@H](N)C(=O)NCC1CCCCN1Cc1ccccc1. The minimum Gasteiger partial charge on any atom is -0.353 e. The first kappa shape index (κ1) is 17.0. The second kappa shape index (κ2) is 8.30. The summed E-state index contributed by atoms with van der Waals surface area (Å²) in [4.78, 5) is 14.5. The van der Waals surface area contributed by atoms with E-state index in [2.05, 4.69) is 34.5 Å². The van der Waals surface area contributed by atoms with Crippen LogP contribution in [-0.4, -0.2) is 36.0 Å². The number of carbonyl (C=O) groups is 1. The van der Waals surface area contributed by atoms with Gasteiger partial charge in [0.1, 0.15) is 0 Å². The third-order valence-corrected chi connectivity index (χ3v) is 4.51. The molecule has 1 heterocycles. The predicted molar refractivity (Wildman–Crippen MR) is 90.3 cm³/mol. The maximum absolute atomic E-state index is 12.0. The molecule has 0 spiro atoms. The lowest BCUT2D eigenvalue weighted by Gasteiger charge is -2.36. The van der Waals surface area contributed by atoms with Gasteiger partial charge in [-0.25, -0.2) is 0 Å². The second-order valence-electron chi connectivity index (χ2n) is 6.62. The van der Waals surface area contributed by atoms with Crippen LogP contribution in [0.4, 0.5) is 0 Å². The number of rotatable bonds is 6. The van der Waals surface area contributed by atoms with Gasteiger partial charge in [-0.2, -0.15) is 0 Å². The van der Waals surface area contributed by atoms with Crippen LogP contribution in [0.3, 0.4) is 0 Å². The van der Waals surface area contributed by atoms with Gasteiger partial charge in [0.25, 0.3) is 0 Å². The van der Waals surface area contributed by atoms with E-state index in [1.165, 1.54) is 18.4 Å². The Balaban J connectivity index is 1.88. The molecular formula is C18H29N3O. The van der Waals surface area contributed by atoms with Gasteiger partial charge >= 0.3 is 0 Å². The smallest absolute Gasteiger partial charge is 0.237 e. The van der Waals surface area contributed by atoms with E-state index in [-0.39, 0.29) is 11.8 Å². The number of amides is 1. The third-order valence-electron chi connectivity index (χ3n) is 4.51. The van der Waals surface area contributed by atoms with Crippen molar-refractivity contribution in [3.05, 3.63) is 35.9 Å². The molecule has 0 radical (unpaired) electrons. The van der Waals surface area contributed by atoms with Crippen molar-refractivity contribution in [3.8, 4) is 0 Å². The molecule has 0 aliphatic carbocycles. The summed E-state index contributed by atoms with van der Waals surface area (Å²) in [6.45, 7) is 6.72. The number of piperidine rings is 1. The maximum Gasteiger partial charge on any atom is 0.237 e. The predicted octanol–water partition coefficient (Wildman–Crippen LogP) is 2.14. The Morgan fingerprint density at radius 1 is 1.32 bits per heavy atom. The van der Waals surface area contributed by atoms with Gasteiger partial charge in [-0.15, -0.1) is 0 Å². The van der Waals surface area contributed by atoms with E-state index in [4.69, 9.17) is 5.73 Å². The van der Waals surface area contributed by atoms with Crippen molar-refractivity contribution in [2.75, 3.05) is 13.1 Å². The molecule has 1 aromatic carbocycles. The molecule has 1 aromatic rings. The standard InChI is InChI=1S/C18H29N3O/c1-14(2)17(19)18(22)20-12-16-10-6-7-11-21(16)13-15-8-4-3-5-9-15/h3-5,8-9,14,16-17H,6-7,10-13,19H2,1-2H3,(H,20,22)/t16?,17-/m0/s1. The van der Waals surface area contributed by atoms with Crippen LogP contribution in [0, 0.1) is 5.92 Å². The molecule has 1 aliphatic rings. The monoisotopic (exact) mass is 303 g/mol. The molecule has 0 aromatic heterocycles. The molecule has 2 rings (SSSR count). The fourth-order valence-corrected chi connectivity index (χ4v) is 2.96. The van der Waals surface area contributed by atoms with E-state index in [1.54, 1.807) is 0 Å². The normalized spacial score (nSPS) is 20.8. The summed E-state index contributed by atoms with van der Waals surface area (Å²) in [5, 5.41) is 3.04. The van der Waals surface area contributed by atoms with Gasteiger partial charge in [-0.3, -0.25) is 9.69 Å². The zero-order valence-corrected chi connectivity index (χ0v) is 13.8. The van der Waals surface area contributed by atoms with Gasteiger partial charge in [0.2, 0.25) is 5.91 Å². The summed E-state index contributed by atoms with van der Waals surface area (Å²) in [5.41, 5.74) is 7.24. The molecule has 122 valence electrons. The molecule has 1 amide bonds. The molecule has 0 saturated carbocycles. The van der Waals surface area contributed by atoms with Gasteiger partial charge in [0, 0.05) is 19.1 Å². The van der Waals surface area contributed by atoms with Crippen molar-refractivity contribution < 1.29 is 4.79 Å². The Hall–Kier alpha value is -1.39. The summed E-state index contributed by atoms with van der Waals surface area (Å²) < 4.78 is 0. The molecule has 1 saturated heterocycles.